The fourth-order valence-electron chi connectivity index (χ4n) is 1.21. The summed E-state index contributed by atoms with van der Waals surface area (Å²) in [5.41, 5.74) is 0. The van der Waals surface area contributed by atoms with Crippen LogP contribution in [-0.4, -0.2) is 37.7 Å². The van der Waals surface area contributed by atoms with Crippen LogP contribution in [0.25, 0.3) is 0 Å². The fraction of sp³-hybridized carbons (Fsp3) is 0.800. The van der Waals surface area contributed by atoms with Crippen LogP contribution < -0.4 is 0 Å². The summed E-state index contributed by atoms with van der Waals surface area (Å²) in [6, 6.07) is 0. The molecule has 2 atom stereocenters. The Morgan fingerprint density at radius 3 is 2.81 bits per heavy atom. The van der Waals surface area contributed by atoms with Crippen LogP contribution >= 0.6 is 0 Å². The van der Waals surface area contributed by atoms with Crippen LogP contribution in [-0.2, 0) is 28.5 Å². The summed E-state index contributed by atoms with van der Waals surface area (Å²) in [5, 5.41) is 0. The van der Waals surface area contributed by atoms with Crippen molar-refractivity contribution >= 4 is 11.9 Å². The number of ether oxygens (including phenoxy) is 4. The molecule has 0 spiro atoms. The van der Waals surface area contributed by atoms with Gasteiger partial charge in [-0.1, -0.05) is 6.92 Å². The zero-order valence-electron chi connectivity index (χ0n) is 9.43. The number of hydrogen-bond acceptors (Lipinski definition) is 6. The number of esters is 2. The molecule has 0 unspecified atom stereocenters. The third-order valence-electron chi connectivity index (χ3n) is 1.85. The highest BCUT2D eigenvalue weighted by molar-refractivity contribution is 5.69. The van der Waals surface area contributed by atoms with Crippen molar-refractivity contribution in [2.24, 2.45) is 0 Å². The quantitative estimate of drug-likeness (QED) is 0.646. The zero-order chi connectivity index (χ0) is 12.0. The molecule has 1 aliphatic rings. The van der Waals surface area contributed by atoms with Crippen LogP contribution in [0.2, 0.25) is 0 Å². The average Bonchev–Trinajstić information content (AvgIpc) is 2.62. The van der Waals surface area contributed by atoms with Crippen molar-refractivity contribution in [1.82, 2.24) is 0 Å². The van der Waals surface area contributed by atoms with Crippen LogP contribution in [0.3, 0.4) is 0 Å². The topological polar surface area (TPSA) is 71.1 Å². The van der Waals surface area contributed by atoms with E-state index < -0.39 is 18.5 Å². The van der Waals surface area contributed by atoms with Crippen molar-refractivity contribution < 1.29 is 28.5 Å². The number of carbonyl (C=O) groups is 2. The van der Waals surface area contributed by atoms with Gasteiger partial charge >= 0.3 is 11.9 Å². The van der Waals surface area contributed by atoms with E-state index in [1.165, 1.54) is 6.92 Å². The molecule has 6 nitrogen and oxygen atoms in total. The van der Waals surface area contributed by atoms with Crippen LogP contribution in [0.1, 0.15) is 26.7 Å². The van der Waals surface area contributed by atoms with Crippen molar-refractivity contribution in [3.05, 3.63) is 0 Å². The number of hydrogen-bond donors (Lipinski definition) is 0. The van der Waals surface area contributed by atoms with Gasteiger partial charge in [0.15, 0.2) is 6.29 Å². The molecule has 92 valence electrons. The summed E-state index contributed by atoms with van der Waals surface area (Å²) in [6.07, 6.45) is -0.237. The Hall–Kier alpha value is -1.14. The Kier molecular flexibility index (Phi) is 5.21. The van der Waals surface area contributed by atoms with Crippen molar-refractivity contribution in [3.63, 3.8) is 0 Å². The maximum atomic E-state index is 11.0. The minimum Gasteiger partial charge on any atom is -0.460 e. The van der Waals surface area contributed by atoms with Crippen LogP contribution in [0.15, 0.2) is 0 Å². The van der Waals surface area contributed by atoms with Gasteiger partial charge in [-0.05, 0) is 6.42 Å². The largest absolute Gasteiger partial charge is 0.460 e. The van der Waals surface area contributed by atoms with Gasteiger partial charge in [0.05, 0.1) is 0 Å². The lowest BCUT2D eigenvalue weighted by molar-refractivity contribution is -0.183. The second kappa shape index (κ2) is 6.44. The first-order chi connectivity index (χ1) is 7.61. The predicted molar refractivity (Wildman–Crippen MR) is 52.2 cm³/mol. The van der Waals surface area contributed by atoms with E-state index in [1.807, 2.05) is 6.92 Å². The molecule has 0 aromatic carbocycles. The van der Waals surface area contributed by atoms with Gasteiger partial charge in [-0.15, -0.1) is 0 Å². The van der Waals surface area contributed by atoms with Gasteiger partial charge in [-0.3, -0.25) is 9.59 Å². The van der Waals surface area contributed by atoms with E-state index in [0.29, 0.717) is 6.42 Å². The molecule has 16 heavy (non-hydrogen) atoms. The van der Waals surface area contributed by atoms with E-state index in [2.05, 4.69) is 0 Å². The van der Waals surface area contributed by atoms with E-state index in [1.54, 1.807) is 0 Å². The molecule has 0 aromatic rings. The standard InChI is InChI=1S/C10H16O6/c1-3-4-8(12)13-5-9-14-6-10(16-9)15-7(2)11/h9-10H,3-6H2,1-2H3/t9-,10+/m0/s1. The summed E-state index contributed by atoms with van der Waals surface area (Å²) in [5.74, 6) is -0.720. The maximum Gasteiger partial charge on any atom is 0.305 e. The highest BCUT2D eigenvalue weighted by atomic mass is 16.8. The van der Waals surface area contributed by atoms with Gasteiger partial charge in [-0.25, -0.2) is 0 Å². The first-order valence-corrected chi connectivity index (χ1v) is 5.21. The maximum absolute atomic E-state index is 11.0. The second-order valence-electron chi connectivity index (χ2n) is 3.37. The van der Waals surface area contributed by atoms with E-state index in [0.717, 1.165) is 6.42 Å². The lowest BCUT2D eigenvalue weighted by Crippen LogP contribution is -2.22. The van der Waals surface area contributed by atoms with Crippen molar-refractivity contribution in [2.75, 3.05) is 13.2 Å². The third-order valence-corrected chi connectivity index (χ3v) is 1.85. The summed E-state index contributed by atoms with van der Waals surface area (Å²) < 4.78 is 19.9. The molecule has 0 amide bonds. The lowest BCUT2D eigenvalue weighted by Gasteiger charge is -2.11. The Morgan fingerprint density at radius 1 is 1.44 bits per heavy atom. The van der Waals surface area contributed by atoms with Crippen LogP contribution in [0, 0.1) is 0 Å². The summed E-state index contributed by atoms with van der Waals surface area (Å²) in [6.45, 7) is 3.37. The highest BCUT2D eigenvalue weighted by Crippen LogP contribution is 2.13. The summed E-state index contributed by atoms with van der Waals surface area (Å²) in [4.78, 5) is 21.7. The molecule has 0 bridgehead atoms. The van der Waals surface area contributed by atoms with Crippen molar-refractivity contribution in [2.45, 2.75) is 39.3 Å². The molecule has 1 rings (SSSR count). The lowest BCUT2D eigenvalue weighted by atomic mass is 10.3. The minimum atomic E-state index is -0.702. The average molecular weight is 232 g/mol. The van der Waals surface area contributed by atoms with Gasteiger partial charge in [0.1, 0.15) is 13.2 Å². The first-order valence-electron chi connectivity index (χ1n) is 5.21. The van der Waals surface area contributed by atoms with Crippen LogP contribution in [0.4, 0.5) is 0 Å². The molecule has 0 aromatic heterocycles. The Labute approximate surface area is 93.8 Å². The van der Waals surface area contributed by atoms with E-state index >= 15 is 0 Å². The smallest absolute Gasteiger partial charge is 0.305 e. The van der Waals surface area contributed by atoms with Gasteiger partial charge in [0, 0.05) is 13.3 Å². The SMILES string of the molecule is CCCC(=O)OC[C@H]1OC[C@H](OC(C)=O)O1. The molecule has 1 aliphatic heterocycles. The monoisotopic (exact) mass is 232 g/mol. The third kappa shape index (κ3) is 4.59. The highest BCUT2D eigenvalue weighted by Gasteiger charge is 2.29. The summed E-state index contributed by atoms with van der Waals surface area (Å²) >= 11 is 0. The number of carbonyl (C=O) groups excluding carboxylic acids is 2. The van der Waals surface area contributed by atoms with Crippen molar-refractivity contribution in [3.8, 4) is 0 Å². The zero-order valence-corrected chi connectivity index (χ0v) is 9.43. The Morgan fingerprint density at radius 2 is 2.19 bits per heavy atom. The minimum absolute atomic E-state index is 0.0244. The molecule has 0 saturated carbocycles. The molecular formula is C10H16O6. The molecule has 0 N–H and O–H groups in total. The molecule has 1 fully saturated rings. The summed E-state index contributed by atoms with van der Waals surface area (Å²) in [7, 11) is 0. The van der Waals surface area contributed by atoms with Gasteiger partial charge in [0.25, 0.3) is 0 Å². The molecule has 6 heteroatoms. The first kappa shape index (κ1) is 12.9. The van der Waals surface area contributed by atoms with E-state index in [4.69, 9.17) is 18.9 Å². The van der Waals surface area contributed by atoms with Gasteiger partial charge in [0.2, 0.25) is 6.29 Å². The van der Waals surface area contributed by atoms with Crippen molar-refractivity contribution in [1.29, 1.82) is 0 Å². The number of rotatable bonds is 5. The molecule has 0 radical (unpaired) electrons. The molecule has 1 saturated heterocycles. The van der Waals surface area contributed by atoms with Crippen LogP contribution in [0.5, 0.6) is 0 Å². The second-order valence-corrected chi connectivity index (χ2v) is 3.37. The Balaban J connectivity index is 2.16. The van der Waals surface area contributed by atoms with Gasteiger partial charge < -0.3 is 18.9 Å². The normalized spacial score (nSPS) is 24.1. The Bertz CT molecular complexity index is 252. The molecular weight excluding hydrogens is 216 g/mol. The van der Waals surface area contributed by atoms with E-state index in [-0.39, 0.29) is 19.2 Å². The molecule has 1 heterocycles. The predicted octanol–water partition coefficient (Wildman–Crippen LogP) is 0.592. The molecule has 0 aliphatic carbocycles. The van der Waals surface area contributed by atoms with Gasteiger partial charge in [-0.2, -0.15) is 0 Å². The van der Waals surface area contributed by atoms with E-state index in [9.17, 15) is 9.59 Å². The fourth-order valence-corrected chi connectivity index (χ4v) is 1.21.